The number of ketones is 1. The summed E-state index contributed by atoms with van der Waals surface area (Å²) in [5.74, 6) is 1.59. The lowest BCUT2D eigenvalue weighted by Gasteiger charge is -2.14. The lowest BCUT2D eigenvalue weighted by Crippen LogP contribution is -1.99. The SMILES string of the molecule is CCOc1c(OC)cc(/C=C/C(=O)c2cccc(Br)c2)cc1OC. The van der Waals surface area contributed by atoms with Gasteiger partial charge in [-0.1, -0.05) is 34.1 Å². The number of ether oxygens (including phenoxy) is 3. The van der Waals surface area contributed by atoms with E-state index in [0.29, 0.717) is 29.4 Å². The van der Waals surface area contributed by atoms with Crippen LogP contribution in [-0.2, 0) is 0 Å². The Hall–Kier alpha value is -2.27. The zero-order chi connectivity index (χ0) is 17.5. The standard InChI is InChI=1S/C19H19BrO4/c1-4-24-19-17(22-2)10-13(11-18(19)23-3)8-9-16(21)14-6-5-7-15(20)12-14/h5-12H,4H2,1-3H3/b9-8+. The van der Waals surface area contributed by atoms with Crippen molar-refractivity contribution in [3.63, 3.8) is 0 Å². The molecule has 0 fully saturated rings. The maximum absolute atomic E-state index is 12.3. The highest BCUT2D eigenvalue weighted by Gasteiger charge is 2.13. The average Bonchev–Trinajstić information content (AvgIpc) is 2.60. The minimum Gasteiger partial charge on any atom is -0.493 e. The fourth-order valence-corrected chi connectivity index (χ4v) is 2.59. The minimum atomic E-state index is -0.0804. The van der Waals surface area contributed by atoms with Crippen molar-refractivity contribution in [1.29, 1.82) is 0 Å². The van der Waals surface area contributed by atoms with Crippen LogP contribution in [0.3, 0.4) is 0 Å². The Balaban J connectivity index is 2.30. The van der Waals surface area contributed by atoms with Gasteiger partial charge in [-0.15, -0.1) is 0 Å². The summed E-state index contributed by atoms with van der Waals surface area (Å²) in [6.07, 6.45) is 3.25. The molecule has 0 unspecified atom stereocenters. The van der Waals surface area contributed by atoms with E-state index < -0.39 is 0 Å². The number of hydrogen-bond acceptors (Lipinski definition) is 4. The van der Waals surface area contributed by atoms with Crippen molar-refractivity contribution in [3.8, 4) is 17.2 Å². The summed E-state index contributed by atoms with van der Waals surface area (Å²) in [5.41, 5.74) is 1.40. The largest absolute Gasteiger partial charge is 0.493 e. The molecule has 0 aliphatic rings. The van der Waals surface area contributed by atoms with Gasteiger partial charge in [0.15, 0.2) is 17.3 Å². The van der Waals surface area contributed by atoms with E-state index in [2.05, 4.69) is 15.9 Å². The Bertz CT molecular complexity index is 728. The van der Waals surface area contributed by atoms with Crippen molar-refractivity contribution in [1.82, 2.24) is 0 Å². The lowest BCUT2D eigenvalue weighted by atomic mass is 10.1. The van der Waals surface area contributed by atoms with E-state index in [4.69, 9.17) is 14.2 Å². The molecule has 0 saturated carbocycles. The maximum Gasteiger partial charge on any atom is 0.203 e. The number of allylic oxidation sites excluding steroid dienone is 1. The third kappa shape index (κ3) is 4.38. The van der Waals surface area contributed by atoms with Crippen LogP contribution in [0.4, 0.5) is 0 Å². The molecule has 2 aromatic rings. The summed E-state index contributed by atoms with van der Waals surface area (Å²) in [6, 6.07) is 10.9. The van der Waals surface area contributed by atoms with E-state index in [9.17, 15) is 4.79 Å². The van der Waals surface area contributed by atoms with Crippen LogP contribution in [0.25, 0.3) is 6.08 Å². The van der Waals surface area contributed by atoms with E-state index in [1.54, 1.807) is 44.6 Å². The second-order valence-electron chi connectivity index (χ2n) is 4.90. The highest BCUT2D eigenvalue weighted by molar-refractivity contribution is 9.10. The van der Waals surface area contributed by atoms with Crippen molar-refractivity contribution < 1.29 is 19.0 Å². The van der Waals surface area contributed by atoms with Crippen LogP contribution in [-0.4, -0.2) is 26.6 Å². The third-order valence-electron chi connectivity index (χ3n) is 3.31. The molecule has 0 bridgehead atoms. The zero-order valence-electron chi connectivity index (χ0n) is 13.8. The number of benzene rings is 2. The summed E-state index contributed by atoms with van der Waals surface area (Å²) in [4.78, 5) is 12.3. The van der Waals surface area contributed by atoms with Crippen LogP contribution >= 0.6 is 15.9 Å². The first-order chi connectivity index (χ1) is 11.6. The number of methoxy groups -OCH3 is 2. The molecule has 5 heteroatoms. The van der Waals surface area contributed by atoms with Gasteiger partial charge in [-0.3, -0.25) is 4.79 Å². The van der Waals surface area contributed by atoms with Crippen molar-refractivity contribution >= 4 is 27.8 Å². The van der Waals surface area contributed by atoms with E-state index in [0.717, 1.165) is 10.0 Å². The van der Waals surface area contributed by atoms with E-state index in [-0.39, 0.29) is 5.78 Å². The van der Waals surface area contributed by atoms with Gasteiger partial charge in [0, 0.05) is 10.0 Å². The highest BCUT2D eigenvalue weighted by Crippen LogP contribution is 2.38. The predicted octanol–water partition coefficient (Wildman–Crippen LogP) is 4.76. The molecule has 0 saturated heterocycles. The van der Waals surface area contributed by atoms with Gasteiger partial charge in [0.25, 0.3) is 0 Å². The van der Waals surface area contributed by atoms with Crippen LogP contribution < -0.4 is 14.2 Å². The minimum absolute atomic E-state index is 0.0804. The fraction of sp³-hybridized carbons (Fsp3) is 0.211. The summed E-state index contributed by atoms with van der Waals surface area (Å²) in [7, 11) is 3.13. The van der Waals surface area contributed by atoms with Crippen LogP contribution in [0.15, 0.2) is 46.9 Å². The molecule has 24 heavy (non-hydrogen) atoms. The van der Waals surface area contributed by atoms with Crippen molar-refractivity contribution in [3.05, 3.63) is 58.1 Å². The summed E-state index contributed by atoms with van der Waals surface area (Å²) < 4.78 is 17.1. The van der Waals surface area contributed by atoms with Gasteiger partial charge in [0.05, 0.1) is 20.8 Å². The molecule has 0 atom stereocenters. The van der Waals surface area contributed by atoms with Gasteiger partial charge in [-0.25, -0.2) is 0 Å². The van der Waals surface area contributed by atoms with Crippen molar-refractivity contribution in [2.24, 2.45) is 0 Å². The molecule has 0 heterocycles. The topological polar surface area (TPSA) is 44.8 Å². The summed E-state index contributed by atoms with van der Waals surface area (Å²) >= 11 is 3.36. The molecule has 0 N–H and O–H groups in total. The molecule has 0 aromatic heterocycles. The van der Waals surface area contributed by atoms with Crippen LogP contribution in [0.2, 0.25) is 0 Å². The van der Waals surface area contributed by atoms with Crippen LogP contribution in [0, 0.1) is 0 Å². The van der Waals surface area contributed by atoms with Crippen LogP contribution in [0.1, 0.15) is 22.8 Å². The number of rotatable bonds is 7. The molecular weight excluding hydrogens is 372 g/mol. The van der Waals surface area contributed by atoms with Gasteiger partial charge in [0.2, 0.25) is 5.75 Å². The first-order valence-electron chi connectivity index (χ1n) is 7.45. The molecule has 0 radical (unpaired) electrons. The second-order valence-corrected chi connectivity index (χ2v) is 5.81. The van der Waals surface area contributed by atoms with Gasteiger partial charge >= 0.3 is 0 Å². The summed E-state index contributed by atoms with van der Waals surface area (Å²) in [5, 5.41) is 0. The Morgan fingerprint density at radius 3 is 2.33 bits per heavy atom. The van der Waals surface area contributed by atoms with E-state index in [1.165, 1.54) is 6.08 Å². The third-order valence-corrected chi connectivity index (χ3v) is 3.80. The number of carbonyl (C=O) groups excluding carboxylic acids is 1. The Kier molecular flexibility index (Phi) is 6.44. The van der Waals surface area contributed by atoms with Crippen molar-refractivity contribution in [2.45, 2.75) is 6.92 Å². The Morgan fingerprint density at radius 1 is 1.12 bits per heavy atom. The molecule has 2 aromatic carbocycles. The molecule has 0 aliphatic carbocycles. The molecule has 0 amide bonds. The van der Waals surface area contributed by atoms with E-state index >= 15 is 0 Å². The molecular formula is C19H19BrO4. The van der Waals surface area contributed by atoms with Gasteiger partial charge in [0.1, 0.15) is 0 Å². The molecule has 0 aliphatic heterocycles. The predicted molar refractivity (Wildman–Crippen MR) is 98.2 cm³/mol. The van der Waals surface area contributed by atoms with Crippen LogP contribution in [0.5, 0.6) is 17.2 Å². The first-order valence-corrected chi connectivity index (χ1v) is 8.25. The Labute approximate surface area is 150 Å². The monoisotopic (exact) mass is 390 g/mol. The van der Waals surface area contributed by atoms with Gasteiger partial charge in [-0.2, -0.15) is 0 Å². The Morgan fingerprint density at radius 2 is 1.79 bits per heavy atom. The van der Waals surface area contributed by atoms with Gasteiger partial charge in [-0.05, 0) is 42.8 Å². The van der Waals surface area contributed by atoms with Crippen molar-refractivity contribution in [2.75, 3.05) is 20.8 Å². The smallest absolute Gasteiger partial charge is 0.203 e. The average molecular weight is 391 g/mol. The normalized spacial score (nSPS) is 10.7. The summed E-state index contributed by atoms with van der Waals surface area (Å²) in [6.45, 7) is 2.40. The number of halogens is 1. The van der Waals surface area contributed by atoms with E-state index in [1.807, 2.05) is 19.1 Å². The number of hydrogen-bond donors (Lipinski definition) is 0. The first kappa shape index (κ1) is 18.1. The maximum atomic E-state index is 12.3. The zero-order valence-corrected chi connectivity index (χ0v) is 15.4. The lowest BCUT2D eigenvalue weighted by molar-refractivity contribution is 0.104. The molecule has 126 valence electrons. The number of carbonyl (C=O) groups is 1. The molecule has 4 nitrogen and oxygen atoms in total. The molecule has 2 rings (SSSR count). The van der Waals surface area contributed by atoms with Gasteiger partial charge < -0.3 is 14.2 Å². The fourth-order valence-electron chi connectivity index (χ4n) is 2.19. The second kappa shape index (κ2) is 8.55. The molecule has 0 spiro atoms. The quantitative estimate of drug-likeness (QED) is 0.504. The highest BCUT2D eigenvalue weighted by atomic mass is 79.9.